The van der Waals surface area contributed by atoms with Crippen LogP contribution >= 0.6 is 0 Å². The molecule has 3 aromatic rings. The maximum atomic E-state index is 12.3. The molecule has 2 aromatic carbocycles. The number of benzene rings is 2. The zero-order valence-electron chi connectivity index (χ0n) is 13.6. The van der Waals surface area contributed by atoms with Gasteiger partial charge in [0.15, 0.2) is 11.5 Å². The lowest BCUT2D eigenvalue weighted by molar-refractivity contribution is 0.0789. The van der Waals surface area contributed by atoms with Crippen molar-refractivity contribution in [2.75, 3.05) is 13.2 Å². The highest BCUT2D eigenvalue weighted by Crippen LogP contribution is 2.30. The first kappa shape index (κ1) is 15.3. The summed E-state index contributed by atoms with van der Waals surface area (Å²) < 4.78 is 13.5. The highest BCUT2D eigenvalue weighted by atomic mass is 16.6. The van der Waals surface area contributed by atoms with Crippen molar-refractivity contribution in [3.8, 4) is 17.2 Å². The van der Waals surface area contributed by atoms with E-state index in [1.54, 1.807) is 0 Å². The molecule has 0 saturated carbocycles. The quantitative estimate of drug-likeness (QED) is 0.798. The fourth-order valence-corrected chi connectivity index (χ4v) is 2.76. The molecule has 1 N–H and O–H groups in total. The first-order valence-corrected chi connectivity index (χ1v) is 8.20. The Kier molecular flexibility index (Phi) is 4.12. The van der Waals surface area contributed by atoms with Crippen molar-refractivity contribution in [1.29, 1.82) is 0 Å². The summed E-state index contributed by atoms with van der Waals surface area (Å²) in [6, 6.07) is 18.9. The number of carbonyl (C=O) groups is 1. The van der Waals surface area contributed by atoms with Crippen molar-refractivity contribution in [3.63, 3.8) is 0 Å². The number of para-hydroxylation sites is 2. The molecular weight excluding hydrogens is 316 g/mol. The standard InChI is InChI=1S/C20H18N2O3/c23-20(15-7-9-16(10-8-15)22-11-3-4-12-22)21-13-17-14-24-18-5-1-2-6-19(18)25-17/h1-12,17H,13-14H2,(H,21,23)/t17-/m1/s1. The molecule has 2 heterocycles. The maximum Gasteiger partial charge on any atom is 0.251 e. The number of ether oxygens (including phenoxy) is 2. The van der Waals surface area contributed by atoms with Gasteiger partial charge >= 0.3 is 0 Å². The minimum Gasteiger partial charge on any atom is -0.486 e. The van der Waals surface area contributed by atoms with Crippen LogP contribution < -0.4 is 14.8 Å². The van der Waals surface area contributed by atoms with Crippen molar-refractivity contribution >= 4 is 5.91 Å². The molecule has 0 spiro atoms. The molecule has 0 saturated heterocycles. The maximum absolute atomic E-state index is 12.3. The molecule has 1 aromatic heterocycles. The smallest absolute Gasteiger partial charge is 0.251 e. The Bertz CT molecular complexity index is 857. The van der Waals surface area contributed by atoms with Crippen LogP contribution in [0.2, 0.25) is 0 Å². The van der Waals surface area contributed by atoms with E-state index in [9.17, 15) is 4.79 Å². The second-order valence-electron chi connectivity index (χ2n) is 5.84. The van der Waals surface area contributed by atoms with Gasteiger partial charge in [0.1, 0.15) is 12.7 Å². The van der Waals surface area contributed by atoms with Crippen molar-refractivity contribution in [2.45, 2.75) is 6.10 Å². The van der Waals surface area contributed by atoms with E-state index in [4.69, 9.17) is 9.47 Å². The predicted molar refractivity (Wildman–Crippen MR) is 94.5 cm³/mol. The Hall–Kier alpha value is -3.21. The molecule has 5 nitrogen and oxygen atoms in total. The van der Waals surface area contributed by atoms with Gasteiger partial charge < -0.3 is 19.4 Å². The Morgan fingerprint density at radius 2 is 1.72 bits per heavy atom. The van der Waals surface area contributed by atoms with Gasteiger partial charge in [-0.1, -0.05) is 12.1 Å². The molecule has 1 aliphatic heterocycles. The third kappa shape index (κ3) is 3.35. The molecular formula is C20H18N2O3. The number of carbonyl (C=O) groups excluding carboxylic acids is 1. The normalized spacial score (nSPS) is 15.6. The summed E-state index contributed by atoms with van der Waals surface area (Å²) in [5, 5.41) is 2.90. The average molecular weight is 334 g/mol. The highest BCUT2D eigenvalue weighted by Gasteiger charge is 2.21. The van der Waals surface area contributed by atoms with Gasteiger partial charge in [-0.05, 0) is 48.5 Å². The number of rotatable bonds is 4. The van der Waals surface area contributed by atoms with Crippen molar-refractivity contribution in [3.05, 3.63) is 78.6 Å². The minimum absolute atomic E-state index is 0.124. The lowest BCUT2D eigenvalue weighted by atomic mass is 10.2. The summed E-state index contributed by atoms with van der Waals surface area (Å²) in [7, 11) is 0. The minimum atomic E-state index is -0.196. The van der Waals surface area contributed by atoms with Crippen LogP contribution in [0.15, 0.2) is 73.1 Å². The van der Waals surface area contributed by atoms with E-state index in [2.05, 4.69) is 5.32 Å². The Labute approximate surface area is 145 Å². The monoisotopic (exact) mass is 334 g/mol. The summed E-state index contributed by atoms with van der Waals surface area (Å²) >= 11 is 0. The molecule has 0 radical (unpaired) electrons. The molecule has 0 aliphatic carbocycles. The number of nitrogens with zero attached hydrogens (tertiary/aromatic N) is 1. The van der Waals surface area contributed by atoms with E-state index >= 15 is 0 Å². The third-order valence-corrected chi connectivity index (χ3v) is 4.09. The summed E-state index contributed by atoms with van der Waals surface area (Å²) in [6.45, 7) is 0.816. The van der Waals surface area contributed by atoms with Crippen LogP contribution in [0.25, 0.3) is 5.69 Å². The van der Waals surface area contributed by atoms with Gasteiger partial charge in [-0.15, -0.1) is 0 Å². The van der Waals surface area contributed by atoms with Crippen LogP contribution in [0, 0.1) is 0 Å². The largest absolute Gasteiger partial charge is 0.486 e. The van der Waals surface area contributed by atoms with Crippen LogP contribution in [0.3, 0.4) is 0 Å². The van der Waals surface area contributed by atoms with E-state index in [1.807, 2.05) is 77.6 Å². The van der Waals surface area contributed by atoms with E-state index < -0.39 is 0 Å². The van der Waals surface area contributed by atoms with Crippen LogP contribution in [-0.4, -0.2) is 29.7 Å². The molecule has 25 heavy (non-hydrogen) atoms. The molecule has 0 bridgehead atoms. The topological polar surface area (TPSA) is 52.5 Å². The van der Waals surface area contributed by atoms with E-state index in [-0.39, 0.29) is 12.0 Å². The molecule has 1 atom stereocenters. The molecule has 1 amide bonds. The summed E-state index contributed by atoms with van der Waals surface area (Å²) in [5.41, 5.74) is 1.63. The van der Waals surface area contributed by atoms with E-state index in [0.717, 1.165) is 11.4 Å². The van der Waals surface area contributed by atoms with Gasteiger partial charge in [-0.3, -0.25) is 4.79 Å². The predicted octanol–water partition coefficient (Wildman–Crippen LogP) is 3.05. The SMILES string of the molecule is O=C(NC[C@@H]1COc2ccccc2O1)c1ccc(-n2cccc2)cc1. The van der Waals surface area contributed by atoms with E-state index in [1.165, 1.54) is 0 Å². The van der Waals surface area contributed by atoms with Crippen LogP contribution in [0.1, 0.15) is 10.4 Å². The first-order chi connectivity index (χ1) is 12.3. The zero-order chi connectivity index (χ0) is 17.1. The summed E-state index contributed by atoms with van der Waals surface area (Å²) in [4.78, 5) is 12.3. The number of amides is 1. The first-order valence-electron chi connectivity index (χ1n) is 8.20. The number of hydrogen-bond acceptors (Lipinski definition) is 3. The number of fused-ring (bicyclic) bond motifs is 1. The Morgan fingerprint density at radius 1 is 1.00 bits per heavy atom. The molecule has 1 aliphatic rings. The van der Waals surface area contributed by atoms with Crippen LogP contribution in [0.5, 0.6) is 11.5 Å². The lowest BCUT2D eigenvalue weighted by Gasteiger charge is -2.26. The average Bonchev–Trinajstić information content (AvgIpc) is 3.21. The molecule has 0 fully saturated rings. The Morgan fingerprint density at radius 3 is 2.48 bits per heavy atom. The van der Waals surface area contributed by atoms with E-state index in [0.29, 0.717) is 24.5 Å². The fourth-order valence-electron chi connectivity index (χ4n) is 2.76. The molecule has 126 valence electrons. The van der Waals surface area contributed by atoms with Crippen molar-refractivity contribution < 1.29 is 14.3 Å². The van der Waals surface area contributed by atoms with Gasteiger partial charge in [0.2, 0.25) is 0 Å². The molecule has 4 rings (SSSR count). The van der Waals surface area contributed by atoms with Crippen LogP contribution in [-0.2, 0) is 0 Å². The van der Waals surface area contributed by atoms with Crippen molar-refractivity contribution in [2.24, 2.45) is 0 Å². The number of aromatic nitrogens is 1. The second-order valence-corrected chi connectivity index (χ2v) is 5.84. The third-order valence-electron chi connectivity index (χ3n) is 4.09. The van der Waals surface area contributed by atoms with Crippen LogP contribution in [0.4, 0.5) is 0 Å². The zero-order valence-corrected chi connectivity index (χ0v) is 13.6. The van der Waals surface area contributed by atoms with Gasteiger partial charge in [0.05, 0.1) is 6.54 Å². The van der Waals surface area contributed by atoms with Gasteiger partial charge in [0, 0.05) is 23.6 Å². The fraction of sp³-hybridized carbons (Fsp3) is 0.150. The van der Waals surface area contributed by atoms with Gasteiger partial charge in [0.25, 0.3) is 5.91 Å². The summed E-state index contributed by atoms with van der Waals surface area (Å²) in [6.07, 6.45) is 3.73. The lowest BCUT2D eigenvalue weighted by Crippen LogP contribution is -2.40. The number of hydrogen-bond donors (Lipinski definition) is 1. The van der Waals surface area contributed by atoms with Crippen molar-refractivity contribution in [1.82, 2.24) is 9.88 Å². The van der Waals surface area contributed by atoms with Gasteiger partial charge in [-0.25, -0.2) is 0 Å². The molecule has 5 heteroatoms. The Balaban J connectivity index is 1.35. The highest BCUT2D eigenvalue weighted by molar-refractivity contribution is 5.94. The van der Waals surface area contributed by atoms with Gasteiger partial charge in [-0.2, -0.15) is 0 Å². The molecule has 0 unspecified atom stereocenters. The second kappa shape index (κ2) is 6.73. The number of nitrogens with one attached hydrogen (secondary N) is 1. The summed E-state index contributed by atoms with van der Waals surface area (Å²) in [5.74, 6) is 1.33.